The van der Waals surface area contributed by atoms with Gasteiger partial charge < -0.3 is 24.8 Å². The highest BCUT2D eigenvalue weighted by atomic mass is 35.5. The van der Waals surface area contributed by atoms with Crippen molar-refractivity contribution in [3.8, 4) is 11.5 Å². The molecule has 2 amide bonds. The number of carbonyl (C=O) groups is 4. The lowest BCUT2D eigenvalue weighted by molar-refractivity contribution is -0.142. The van der Waals surface area contributed by atoms with Crippen molar-refractivity contribution in [1.82, 2.24) is 10.2 Å². The standard InChI is InChI=1S/C27H32ClFN2O7S/c1-5-22(31(2)25(33)12-16-11-17(37-3)9-10-24(16)38-4)27(36)30-21(13-26(34)35)23(32)15-39-14-18-19(28)7-6-8-20(18)29/h6-11,21-22H,5,12-15H2,1-4H3,(H,30,36)(H,34,35)/t21?,22-/m0/s1. The van der Waals surface area contributed by atoms with Gasteiger partial charge >= 0.3 is 5.97 Å². The molecule has 2 aromatic rings. The number of aliphatic carboxylic acids is 1. The number of thioether (sulfide) groups is 1. The Morgan fingerprint density at radius 2 is 1.87 bits per heavy atom. The predicted molar refractivity (Wildman–Crippen MR) is 147 cm³/mol. The Hall–Kier alpha value is -3.31. The van der Waals surface area contributed by atoms with E-state index in [9.17, 15) is 28.7 Å². The molecule has 0 aromatic heterocycles. The summed E-state index contributed by atoms with van der Waals surface area (Å²) in [5.74, 6) is -2.45. The number of nitrogens with zero attached hydrogens (tertiary/aromatic N) is 1. The van der Waals surface area contributed by atoms with E-state index >= 15 is 0 Å². The Kier molecular flexibility index (Phi) is 12.5. The quantitative estimate of drug-likeness (QED) is 0.326. The third-order valence-corrected chi connectivity index (χ3v) is 7.35. The number of amides is 2. The summed E-state index contributed by atoms with van der Waals surface area (Å²) in [5, 5.41) is 12.0. The van der Waals surface area contributed by atoms with E-state index in [1.165, 1.54) is 44.4 Å². The molecule has 1 unspecified atom stereocenters. The molecule has 2 rings (SSSR count). The third kappa shape index (κ3) is 9.14. The molecule has 0 spiro atoms. The molecule has 12 heteroatoms. The van der Waals surface area contributed by atoms with E-state index in [0.717, 1.165) is 11.8 Å². The van der Waals surface area contributed by atoms with Gasteiger partial charge in [0.25, 0.3) is 0 Å². The van der Waals surface area contributed by atoms with Crippen molar-refractivity contribution in [2.75, 3.05) is 27.0 Å². The Bertz CT molecular complexity index is 1180. The largest absolute Gasteiger partial charge is 0.497 e. The number of carboxylic acids is 1. The minimum Gasteiger partial charge on any atom is -0.497 e. The Labute approximate surface area is 236 Å². The van der Waals surface area contributed by atoms with E-state index in [1.54, 1.807) is 25.1 Å². The zero-order chi connectivity index (χ0) is 29.1. The Morgan fingerprint density at radius 1 is 1.15 bits per heavy atom. The van der Waals surface area contributed by atoms with Gasteiger partial charge in [-0.2, -0.15) is 0 Å². The lowest BCUT2D eigenvalue weighted by Gasteiger charge is -2.28. The van der Waals surface area contributed by atoms with E-state index in [0.29, 0.717) is 17.1 Å². The van der Waals surface area contributed by atoms with Crippen LogP contribution in [0, 0.1) is 5.82 Å². The van der Waals surface area contributed by atoms with Gasteiger partial charge in [-0.25, -0.2) is 4.39 Å². The van der Waals surface area contributed by atoms with Crippen LogP contribution in [-0.2, 0) is 31.4 Å². The average Bonchev–Trinajstić information content (AvgIpc) is 2.89. The monoisotopic (exact) mass is 582 g/mol. The minimum absolute atomic E-state index is 0.0760. The van der Waals surface area contributed by atoms with Crippen LogP contribution in [0.3, 0.4) is 0 Å². The van der Waals surface area contributed by atoms with Crippen molar-refractivity contribution in [2.45, 2.75) is 44.0 Å². The second kappa shape index (κ2) is 15.3. The number of carbonyl (C=O) groups excluding carboxylic acids is 3. The number of hydrogen-bond acceptors (Lipinski definition) is 7. The van der Waals surface area contributed by atoms with Crippen LogP contribution in [0.1, 0.15) is 30.9 Å². The van der Waals surface area contributed by atoms with Gasteiger partial charge in [0.15, 0.2) is 5.78 Å². The maximum Gasteiger partial charge on any atom is 0.305 e. The van der Waals surface area contributed by atoms with E-state index in [4.69, 9.17) is 21.1 Å². The summed E-state index contributed by atoms with van der Waals surface area (Å²) in [7, 11) is 4.44. The van der Waals surface area contributed by atoms with Gasteiger partial charge in [0.1, 0.15) is 23.4 Å². The van der Waals surface area contributed by atoms with Gasteiger partial charge in [-0.15, -0.1) is 11.8 Å². The zero-order valence-electron chi connectivity index (χ0n) is 22.2. The SMILES string of the molecule is CC[C@@H](C(=O)NC(CC(=O)O)C(=O)CSCc1c(F)cccc1Cl)N(C)C(=O)Cc1cc(OC)ccc1OC. The van der Waals surface area contributed by atoms with Gasteiger partial charge in [0, 0.05) is 29.0 Å². The number of carboxylic acid groups (broad SMARTS) is 1. The highest BCUT2D eigenvalue weighted by Gasteiger charge is 2.30. The van der Waals surface area contributed by atoms with Crippen molar-refractivity contribution in [2.24, 2.45) is 0 Å². The first-order valence-electron chi connectivity index (χ1n) is 12.0. The Balaban J connectivity index is 2.08. The van der Waals surface area contributed by atoms with Crippen LogP contribution >= 0.6 is 23.4 Å². The summed E-state index contributed by atoms with van der Waals surface area (Å²) in [4.78, 5) is 51.7. The molecule has 2 atom stereocenters. The molecule has 0 aliphatic rings. The fourth-order valence-corrected chi connectivity index (χ4v) is 5.14. The van der Waals surface area contributed by atoms with Crippen LogP contribution in [0.25, 0.3) is 0 Å². The second-order valence-electron chi connectivity index (χ2n) is 8.60. The third-order valence-electron chi connectivity index (χ3n) is 6.02. The number of nitrogens with one attached hydrogen (secondary N) is 1. The van der Waals surface area contributed by atoms with Gasteiger partial charge in [0.2, 0.25) is 11.8 Å². The number of benzene rings is 2. The van der Waals surface area contributed by atoms with Crippen LogP contribution in [0.2, 0.25) is 5.02 Å². The molecule has 0 aliphatic heterocycles. The number of ether oxygens (including phenoxy) is 2. The number of hydrogen-bond donors (Lipinski definition) is 2. The summed E-state index contributed by atoms with van der Waals surface area (Å²) in [6.07, 6.45) is -0.494. The fraction of sp³-hybridized carbons (Fsp3) is 0.407. The molecule has 212 valence electrons. The number of ketones is 1. The molecule has 0 saturated heterocycles. The summed E-state index contributed by atoms with van der Waals surface area (Å²) >= 11 is 7.07. The maximum atomic E-state index is 14.0. The Morgan fingerprint density at radius 3 is 2.46 bits per heavy atom. The fourth-order valence-electron chi connectivity index (χ4n) is 3.83. The van der Waals surface area contributed by atoms with Crippen molar-refractivity contribution >= 4 is 46.9 Å². The molecule has 39 heavy (non-hydrogen) atoms. The summed E-state index contributed by atoms with van der Waals surface area (Å²) in [6.45, 7) is 1.70. The van der Waals surface area contributed by atoms with Crippen molar-refractivity contribution < 1.29 is 38.1 Å². The van der Waals surface area contributed by atoms with Gasteiger partial charge in [-0.05, 0) is 36.8 Å². The van der Waals surface area contributed by atoms with Crippen LogP contribution < -0.4 is 14.8 Å². The highest BCUT2D eigenvalue weighted by Crippen LogP contribution is 2.26. The van der Waals surface area contributed by atoms with Gasteiger partial charge in [-0.1, -0.05) is 24.6 Å². The topological polar surface area (TPSA) is 122 Å². The molecular formula is C27H32ClFN2O7S. The van der Waals surface area contributed by atoms with E-state index < -0.39 is 42.0 Å². The van der Waals surface area contributed by atoms with Gasteiger partial charge in [0.05, 0.1) is 38.9 Å². The summed E-state index contributed by atoms with van der Waals surface area (Å²) in [6, 6.07) is 7.01. The normalized spacial score (nSPS) is 12.3. The first-order valence-corrected chi connectivity index (χ1v) is 13.6. The van der Waals surface area contributed by atoms with Crippen LogP contribution in [0.15, 0.2) is 36.4 Å². The number of halogens is 2. The molecule has 2 aromatic carbocycles. The number of Topliss-reactive ketones (excluding diaryl/α,β-unsaturated/α-hetero) is 1. The summed E-state index contributed by atoms with van der Waals surface area (Å²) < 4.78 is 24.5. The molecule has 0 saturated carbocycles. The number of rotatable bonds is 15. The van der Waals surface area contributed by atoms with Gasteiger partial charge in [-0.3, -0.25) is 19.2 Å². The first-order chi connectivity index (χ1) is 18.5. The molecule has 0 heterocycles. The highest BCUT2D eigenvalue weighted by molar-refractivity contribution is 7.99. The lowest BCUT2D eigenvalue weighted by atomic mass is 10.1. The van der Waals surface area contributed by atoms with Crippen LogP contribution in [-0.4, -0.2) is 72.7 Å². The molecule has 2 N–H and O–H groups in total. The zero-order valence-corrected chi connectivity index (χ0v) is 23.7. The number of methoxy groups -OCH3 is 2. The molecule has 0 bridgehead atoms. The average molecular weight is 583 g/mol. The molecule has 0 aliphatic carbocycles. The molecule has 0 fully saturated rings. The smallest absolute Gasteiger partial charge is 0.305 e. The van der Waals surface area contributed by atoms with E-state index in [1.807, 2.05) is 0 Å². The van der Waals surface area contributed by atoms with Crippen molar-refractivity contribution in [3.05, 3.63) is 58.4 Å². The van der Waals surface area contributed by atoms with Crippen molar-refractivity contribution in [3.63, 3.8) is 0 Å². The predicted octanol–water partition coefficient (Wildman–Crippen LogP) is 3.74. The van der Waals surface area contributed by atoms with Crippen LogP contribution in [0.5, 0.6) is 11.5 Å². The lowest BCUT2D eigenvalue weighted by Crippen LogP contribution is -2.53. The van der Waals surface area contributed by atoms with Crippen LogP contribution in [0.4, 0.5) is 4.39 Å². The second-order valence-corrected chi connectivity index (χ2v) is 9.99. The minimum atomic E-state index is -1.32. The molecule has 0 radical (unpaired) electrons. The maximum absolute atomic E-state index is 14.0. The van der Waals surface area contributed by atoms with E-state index in [2.05, 4.69) is 5.32 Å². The van der Waals surface area contributed by atoms with Crippen molar-refractivity contribution in [1.29, 1.82) is 0 Å². The molecule has 9 nitrogen and oxygen atoms in total. The summed E-state index contributed by atoms with van der Waals surface area (Å²) in [5.41, 5.74) is 0.796. The molecular weight excluding hydrogens is 551 g/mol. The number of likely N-dealkylation sites (N-methyl/N-ethyl adjacent to an activating group) is 1. The first kappa shape index (κ1) is 31.9. The van der Waals surface area contributed by atoms with E-state index in [-0.39, 0.29) is 40.8 Å².